The van der Waals surface area contributed by atoms with Gasteiger partial charge in [0.05, 0.1) is 24.3 Å². The minimum absolute atomic E-state index is 0.0361. The summed E-state index contributed by atoms with van der Waals surface area (Å²) in [6, 6.07) is 14.5. The highest BCUT2D eigenvalue weighted by Gasteiger charge is 2.38. The number of ketones is 1. The Balaban J connectivity index is 1.34. The minimum atomic E-state index is -4.52. The van der Waals surface area contributed by atoms with Crippen LogP contribution < -0.4 is 5.32 Å². The lowest BCUT2D eigenvalue weighted by atomic mass is 9.94. The van der Waals surface area contributed by atoms with E-state index in [2.05, 4.69) is 10.2 Å². The lowest BCUT2D eigenvalue weighted by Crippen LogP contribution is -2.44. The number of rotatable bonds is 9. The SMILES string of the molecule is O=C(CCC(=O)c1cccc(C(F)(F)F)c1)N[C@H]1CN(C2CCCCC2)C[C@@H]1OCc1ccccc1. The zero-order valence-electron chi connectivity index (χ0n) is 20.3. The molecule has 4 rings (SSSR count). The Morgan fingerprint density at radius 1 is 0.944 bits per heavy atom. The lowest BCUT2D eigenvalue weighted by molar-refractivity contribution is -0.137. The van der Waals surface area contributed by atoms with Crippen LogP contribution in [0.2, 0.25) is 0 Å². The van der Waals surface area contributed by atoms with Crippen LogP contribution in [0.15, 0.2) is 54.6 Å². The molecule has 0 unspecified atom stereocenters. The molecule has 1 amide bonds. The first-order valence-electron chi connectivity index (χ1n) is 12.7. The molecule has 1 aliphatic heterocycles. The fraction of sp³-hybridized carbons (Fsp3) is 0.500. The van der Waals surface area contributed by atoms with Gasteiger partial charge in [-0.1, -0.05) is 61.7 Å². The van der Waals surface area contributed by atoms with E-state index in [9.17, 15) is 22.8 Å². The van der Waals surface area contributed by atoms with Crippen LogP contribution >= 0.6 is 0 Å². The van der Waals surface area contributed by atoms with Crippen LogP contribution in [0.4, 0.5) is 13.2 Å². The van der Waals surface area contributed by atoms with Crippen LogP contribution in [-0.4, -0.2) is 47.9 Å². The number of halogens is 3. The van der Waals surface area contributed by atoms with Crippen molar-refractivity contribution in [3.05, 3.63) is 71.3 Å². The number of ether oxygens (including phenoxy) is 1. The van der Waals surface area contributed by atoms with Crippen LogP contribution in [0, 0.1) is 0 Å². The predicted octanol–water partition coefficient (Wildman–Crippen LogP) is 5.39. The van der Waals surface area contributed by atoms with Gasteiger partial charge in [0.25, 0.3) is 0 Å². The molecule has 194 valence electrons. The molecule has 0 spiro atoms. The van der Waals surface area contributed by atoms with Crippen molar-refractivity contribution in [1.29, 1.82) is 0 Å². The zero-order valence-corrected chi connectivity index (χ0v) is 20.3. The molecule has 0 aromatic heterocycles. The third-order valence-corrected chi connectivity index (χ3v) is 7.13. The molecule has 2 fully saturated rings. The molecule has 5 nitrogen and oxygen atoms in total. The molecule has 1 saturated carbocycles. The fourth-order valence-corrected chi connectivity index (χ4v) is 5.15. The zero-order chi connectivity index (χ0) is 25.5. The maximum absolute atomic E-state index is 13.0. The summed E-state index contributed by atoms with van der Waals surface area (Å²) < 4.78 is 45.1. The number of alkyl halides is 3. The fourth-order valence-electron chi connectivity index (χ4n) is 5.15. The van der Waals surface area contributed by atoms with Crippen molar-refractivity contribution in [1.82, 2.24) is 10.2 Å². The van der Waals surface area contributed by atoms with Crippen molar-refractivity contribution in [2.75, 3.05) is 13.1 Å². The summed E-state index contributed by atoms with van der Waals surface area (Å²) in [6.07, 6.45) is 1.07. The molecule has 1 N–H and O–H groups in total. The first kappa shape index (κ1) is 26.4. The van der Waals surface area contributed by atoms with Gasteiger partial charge in [-0.15, -0.1) is 0 Å². The normalized spacial score (nSPS) is 21.4. The number of hydrogen-bond acceptors (Lipinski definition) is 4. The molecular formula is C28H33F3N2O3. The van der Waals surface area contributed by atoms with Gasteiger partial charge in [-0.2, -0.15) is 13.2 Å². The Morgan fingerprint density at radius 3 is 2.42 bits per heavy atom. The van der Waals surface area contributed by atoms with E-state index < -0.39 is 17.5 Å². The smallest absolute Gasteiger partial charge is 0.370 e. The van der Waals surface area contributed by atoms with E-state index in [0.717, 1.165) is 37.1 Å². The van der Waals surface area contributed by atoms with Gasteiger partial charge in [-0.3, -0.25) is 14.5 Å². The van der Waals surface area contributed by atoms with Crippen LogP contribution in [0.1, 0.15) is 66.4 Å². The van der Waals surface area contributed by atoms with E-state index in [0.29, 0.717) is 19.2 Å². The van der Waals surface area contributed by atoms with E-state index in [-0.39, 0.29) is 36.5 Å². The Morgan fingerprint density at radius 2 is 1.69 bits per heavy atom. The molecule has 36 heavy (non-hydrogen) atoms. The number of nitrogens with one attached hydrogen (secondary N) is 1. The molecule has 1 saturated heterocycles. The van der Waals surface area contributed by atoms with Gasteiger partial charge in [-0.25, -0.2) is 0 Å². The lowest BCUT2D eigenvalue weighted by Gasteiger charge is -2.30. The molecule has 1 heterocycles. The van der Waals surface area contributed by atoms with Gasteiger partial charge >= 0.3 is 6.18 Å². The minimum Gasteiger partial charge on any atom is -0.370 e. The average molecular weight is 503 g/mol. The van der Waals surface area contributed by atoms with Gasteiger partial charge in [-0.05, 0) is 30.5 Å². The first-order chi connectivity index (χ1) is 17.3. The third kappa shape index (κ3) is 7.17. The van der Waals surface area contributed by atoms with Crippen molar-refractivity contribution in [2.45, 2.75) is 75.9 Å². The number of nitrogens with zero attached hydrogens (tertiary/aromatic N) is 1. The number of carbonyl (C=O) groups excluding carboxylic acids is 2. The molecule has 2 aromatic carbocycles. The number of carbonyl (C=O) groups is 2. The molecule has 2 aromatic rings. The highest BCUT2D eigenvalue weighted by Crippen LogP contribution is 2.30. The monoisotopic (exact) mass is 502 g/mol. The number of amides is 1. The van der Waals surface area contributed by atoms with Gasteiger partial charge in [0, 0.05) is 37.5 Å². The summed E-state index contributed by atoms with van der Waals surface area (Å²) >= 11 is 0. The molecule has 0 bridgehead atoms. The van der Waals surface area contributed by atoms with Gasteiger partial charge in [0.1, 0.15) is 0 Å². The molecule has 2 atom stereocenters. The Hall–Kier alpha value is -2.71. The molecule has 8 heteroatoms. The van der Waals surface area contributed by atoms with E-state index in [1.165, 1.54) is 31.4 Å². The van der Waals surface area contributed by atoms with Crippen molar-refractivity contribution in [3.63, 3.8) is 0 Å². The van der Waals surface area contributed by atoms with Gasteiger partial charge in [0.2, 0.25) is 5.91 Å². The second kappa shape index (κ2) is 12.0. The van der Waals surface area contributed by atoms with Crippen molar-refractivity contribution in [2.24, 2.45) is 0 Å². The van der Waals surface area contributed by atoms with Crippen LogP contribution in [0.25, 0.3) is 0 Å². The van der Waals surface area contributed by atoms with E-state index in [1.54, 1.807) is 0 Å². The Kier molecular flexibility index (Phi) is 8.80. The quantitative estimate of drug-likeness (QED) is 0.468. The number of hydrogen-bond donors (Lipinski definition) is 1. The summed E-state index contributed by atoms with van der Waals surface area (Å²) in [5, 5.41) is 3.04. The second-order valence-electron chi connectivity index (χ2n) is 9.76. The van der Waals surface area contributed by atoms with Crippen LogP contribution in [0.5, 0.6) is 0 Å². The molecule has 2 aliphatic rings. The Bertz CT molecular complexity index is 1020. The number of likely N-dealkylation sites (tertiary alicyclic amines) is 1. The average Bonchev–Trinajstić information content (AvgIpc) is 3.29. The number of benzene rings is 2. The number of Topliss-reactive ketones (excluding diaryl/α,β-unsaturated/α-hetero) is 1. The topological polar surface area (TPSA) is 58.6 Å². The van der Waals surface area contributed by atoms with E-state index >= 15 is 0 Å². The van der Waals surface area contributed by atoms with Crippen molar-refractivity contribution >= 4 is 11.7 Å². The Labute approximate surface area is 210 Å². The summed E-state index contributed by atoms with van der Waals surface area (Å²) in [4.78, 5) is 27.6. The van der Waals surface area contributed by atoms with Gasteiger partial charge < -0.3 is 10.1 Å². The highest BCUT2D eigenvalue weighted by atomic mass is 19.4. The first-order valence-corrected chi connectivity index (χ1v) is 12.7. The maximum atomic E-state index is 13.0. The summed E-state index contributed by atoms with van der Waals surface area (Å²) in [7, 11) is 0. The summed E-state index contributed by atoms with van der Waals surface area (Å²) in [6.45, 7) is 1.88. The summed E-state index contributed by atoms with van der Waals surface area (Å²) in [5.41, 5.74) is 0.154. The molecule has 1 aliphatic carbocycles. The van der Waals surface area contributed by atoms with E-state index in [4.69, 9.17) is 4.74 Å². The standard InChI is InChI=1S/C28H33F3N2O3/c29-28(30,31)22-11-7-10-21(16-22)25(34)14-15-27(35)32-24-17-33(23-12-5-2-6-13-23)18-26(24)36-19-20-8-3-1-4-9-20/h1,3-4,7-11,16,23-24,26H,2,5-6,12-15,17-19H2,(H,32,35)/t24-,26-/m0/s1. The third-order valence-electron chi connectivity index (χ3n) is 7.13. The highest BCUT2D eigenvalue weighted by molar-refractivity contribution is 5.98. The van der Waals surface area contributed by atoms with Crippen LogP contribution in [-0.2, 0) is 22.3 Å². The molecule has 0 radical (unpaired) electrons. The second-order valence-corrected chi connectivity index (χ2v) is 9.76. The van der Waals surface area contributed by atoms with Gasteiger partial charge in [0.15, 0.2) is 5.78 Å². The van der Waals surface area contributed by atoms with E-state index in [1.807, 2.05) is 30.3 Å². The molecular weight excluding hydrogens is 469 g/mol. The predicted molar refractivity (Wildman–Crippen MR) is 130 cm³/mol. The largest absolute Gasteiger partial charge is 0.416 e. The van der Waals surface area contributed by atoms with Crippen LogP contribution in [0.3, 0.4) is 0 Å². The van der Waals surface area contributed by atoms with Crippen molar-refractivity contribution in [3.8, 4) is 0 Å². The maximum Gasteiger partial charge on any atom is 0.416 e. The van der Waals surface area contributed by atoms with Crippen molar-refractivity contribution < 1.29 is 27.5 Å². The summed E-state index contributed by atoms with van der Waals surface area (Å²) in [5.74, 6) is -0.775.